The second kappa shape index (κ2) is 4.50. The van der Waals surface area contributed by atoms with Gasteiger partial charge in [-0.2, -0.15) is 8.42 Å². The summed E-state index contributed by atoms with van der Waals surface area (Å²) in [6, 6.07) is 5.46. The molecule has 0 fully saturated rings. The highest BCUT2D eigenvalue weighted by Crippen LogP contribution is 2.34. The van der Waals surface area contributed by atoms with Crippen LogP contribution in [0.1, 0.15) is 0 Å². The van der Waals surface area contributed by atoms with Gasteiger partial charge in [0.2, 0.25) is 5.39 Å². The topological polar surface area (TPSA) is 140 Å². The van der Waals surface area contributed by atoms with Crippen LogP contribution in [0.4, 0.5) is 5.69 Å². The molecule has 0 radical (unpaired) electrons. The average molecular weight is 314 g/mol. The van der Waals surface area contributed by atoms with Crippen LogP contribution < -0.4 is 0 Å². The third-order valence-electron chi connectivity index (χ3n) is 2.59. The summed E-state index contributed by atoms with van der Waals surface area (Å²) < 4.78 is 65.3. The Balaban J connectivity index is 3.11. The second-order valence-electron chi connectivity index (χ2n) is 3.79. The molecule has 104 valence electrons. The maximum absolute atomic E-state index is 11.2. The number of hydrogen-bond donors (Lipinski definition) is 1. The predicted octanol–water partition coefficient (Wildman–Crippen LogP) is 1.48. The first-order chi connectivity index (χ1) is 9.16. The number of hydrogen-bond acceptors (Lipinski definition) is 6. The van der Waals surface area contributed by atoms with Gasteiger partial charge < -0.3 is 4.55 Å². The Morgan fingerprint density at radius 3 is 2.20 bits per heavy atom. The highest BCUT2D eigenvalue weighted by atomic mass is 32.2. The Bertz CT molecular complexity index is 957. The zero-order valence-electron chi connectivity index (χ0n) is 9.59. The molecule has 0 atom stereocenters. The summed E-state index contributed by atoms with van der Waals surface area (Å²) in [6.07, 6.45) is 0. The van der Waals surface area contributed by atoms with Crippen molar-refractivity contribution in [2.24, 2.45) is 0 Å². The van der Waals surface area contributed by atoms with Crippen molar-refractivity contribution in [1.29, 1.82) is 5.39 Å². The Labute approximate surface area is 113 Å². The van der Waals surface area contributed by atoms with Crippen molar-refractivity contribution >= 4 is 36.7 Å². The van der Waals surface area contributed by atoms with Crippen LogP contribution in [-0.4, -0.2) is 25.9 Å². The maximum atomic E-state index is 11.2. The summed E-state index contributed by atoms with van der Waals surface area (Å²) in [4.78, 5) is 1.28. The van der Waals surface area contributed by atoms with Crippen molar-refractivity contribution < 1.29 is 25.9 Å². The summed E-state index contributed by atoms with van der Waals surface area (Å²) in [6.45, 7) is 0. The number of rotatable bonds is 2. The number of nitrogens with zero attached hydrogens (tertiary/aromatic N) is 2. The summed E-state index contributed by atoms with van der Waals surface area (Å²) in [5.41, 5.74) is -0.514. The first-order valence-electron chi connectivity index (χ1n) is 5.00. The van der Waals surface area contributed by atoms with Gasteiger partial charge >= 0.3 is 5.69 Å². The number of fused-ring (bicyclic) bond motifs is 1. The van der Waals surface area contributed by atoms with E-state index in [-0.39, 0.29) is 10.8 Å². The molecule has 0 saturated heterocycles. The zero-order chi connectivity index (χ0) is 15.1. The van der Waals surface area contributed by atoms with Gasteiger partial charge in [0.15, 0.2) is 9.87 Å². The van der Waals surface area contributed by atoms with E-state index in [1.54, 1.807) is 0 Å². The van der Waals surface area contributed by atoms with Gasteiger partial charge in [0.05, 0.1) is 0 Å². The molecule has 0 unspecified atom stereocenters. The van der Waals surface area contributed by atoms with E-state index in [1.807, 2.05) is 0 Å². The Hall–Kier alpha value is -2.06. The molecule has 0 heterocycles. The lowest BCUT2D eigenvalue weighted by molar-refractivity contribution is 0.464. The molecule has 1 N–H and O–H groups in total. The van der Waals surface area contributed by atoms with E-state index in [9.17, 15) is 21.4 Å². The quantitative estimate of drug-likeness (QED) is 0.653. The Morgan fingerprint density at radius 2 is 1.70 bits per heavy atom. The first-order valence-corrected chi connectivity index (χ1v) is 7.85. The zero-order valence-corrected chi connectivity index (χ0v) is 11.2. The minimum atomic E-state index is -5.01. The second-order valence-corrected chi connectivity index (χ2v) is 6.50. The van der Waals surface area contributed by atoms with Crippen LogP contribution in [-0.2, 0) is 20.2 Å². The van der Waals surface area contributed by atoms with E-state index in [0.717, 1.165) is 24.3 Å². The highest BCUT2D eigenvalue weighted by molar-refractivity contribution is 7.86. The van der Waals surface area contributed by atoms with Crippen LogP contribution in [0.15, 0.2) is 40.1 Å². The molecule has 0 spiro atoms. The lowest BCUT2D eigenvalue weighted by Gasteiger charge is -2.09. The summed E-state index contributed by atoms with van der Waals surface area (Å²) in [5, 5.41) is 8.30. The van der Waals surface area contributed by atoms with E-state index >= 15 is 0 Å². The number of diazo groups is 1. The highest BCUT2D eigenvalue weighted by Gasteiger charge is 2.25. The van der Waals surface area contributed by atoms with Crippen molar-refractivity contribution in [2.45, 2.75) is 9.79 Å². The minimum Gasteiger partial charge on any atom is -0.744 e. The fraction of sp³-hybridized carbons (Fsp3) is 0. The molecule has 8 nitrogen and oxygen atoms in total. The molecule has 20 heavy (non-hydrogen) atoms. The van der Waals surface area contributed by atoms with Gasteiger partial charge in [-0.3, -0.25) is 4.55 Å². The van der Waals surface area contributed by atoms with Gasteiger partial charge in [-0.05, 0) is 12.1 Å². The van der Waals surface area contributed by atoms with E-state index in [4.69, 9.17) is 9.95 Å². The third-order valence-corrected chi connectivity index (χ3v) is 4.43. The molecular formula is C10H6N2O6S2. The normalized spacial score (nSPS) is 12.2. The molecule has 10 heteroatoms. The standard InChI is InChI=1S/C10H6N2O6S2/c11-12-8-5-4-6-7(10(8)20(16,17)18)2-1-3-9(6)19(13,14)15/h1-5H,(H-,13,14,15,16,17,18). The lowest BCUT2D eigenvalue weighted by atomic mass is 10.1. The summed E-state index contributed by atoms with van der Waals surface area (Å²) in [7, 11) is -9.62. The smallest absolute Gasteiger partial charge is 0.403 e. The van der Waals surface area contributed by atoms with E-state index in [0.29, 0.717) is 0 Å². The van der Waals surface area contributed by atoms with Crippen LogP contribution in [0.2, 0.25) is 0 Å². The predicted molar refractivity (Wildman–Crippen MR) is 66.5 cm³/mol. The lowest BCUT2D eigenvalue weighted by Crippen LogP contribution is -2.03. The molecule has 2 aromatic rings. The van der Waals surface area contributed by atoms with Gasteiger partial charge in [0.1, 0.15) is 15.0 Å². The van der Waals surface area contributed by atoms with Crippen molar-refractivity contribution in [3.63, 3.8) is 0 Å². The molecule has 0 aliphatic rings. The molecular weight excluding hydrogens is 308 g/mol. The first kappa shape index (κ1) is 14.4. The molecule has 0 amide bonds. The molecule has 0 saturated carbocycles. The SMILES string of the molecule is N#[N+]c1ccc2c(S(=O)(=O)O)cccc2c1S(=O)(=O)[O-]. The Morgan fingerprint density at radius 1 is 1.05 bits per heavy atom. The van der Waals surface area contributed by atoms with Crippen LogP contribution in [0.3, 0.4) is 0 Å². The molecule has 2 rings (SSSR count). The van der Waals surface area contributed by atoms with Gasteiger partial charge in [0.25, 0.3) is 10.1 Å². The van der Waals surface area contributed by atoms with Crippen LogP contribution in [0.5, 0.6) is 0 Å². The molecule has 0 aliphatic carbocycles. The summed E-state index contributed by atoms with van der Waals surface area (Å²) in [5.74, 6) is 0. The molecule has 2 aromatic carbocycles. The van der Waals surface area contributed by atoms with Crippen molar-refractivity contribution in [1.82, 2.24) is 0 Å². The molecule has 0 aliphatic heterocycles. The Kier molecular flexibility index (Phi) is 3.23. The van der Waals surface area contributed by atoms with Crippen molar-refractivity contribution in [2.75, 3.05) is 0 Å². The van der Waals surface area contributed by atoms with E-state index in [1.165, 1.54) is 6.07 Å². The van der Waals surface area contributed by atoms with Crippen LogP contribution in [0, 0.1) is 5.39 Å². The van der Waals surface area contributed by atoms with Gasteiger partial charge in [-0.25, -0.2) is 8.42 Å². The average Bonchev–Trinajstić information content (AvgIpc) is 2.34. The fourth-order valence-corrected chi connectivity index (χ4v) is 3.38. The van der Waals surface area contributed by atoms with Crippen molar-refractivity contribution in [3.8, 4) is 0 Å². The summed E-state index contributed by atoms with van der Waals surface area (Å²) >= 11 is 0. The van der Waals surface area contributed by atoms with E-state index < -0.39 is 35.7 Å². The van der Waals surface area contributed by atoms with Crippen LogP contribution >= 0.6 is 0 Å². The van der Waals surface area contributed by atoms with Crippen molar-refractivity contribution in [3.05, 3.63) is 35.3 Å². The minimum absolute atomic E-state index is 0.170. The third kappa shape index (κ3) is 2.35. The fourth-order valence-electron chi connectivity index (χ4n) is 1.86. The van der Waals surface area contributed by atoms with Crippen LogP contribution in [0.25, 0.3) is 15.7 Å². The van der Waals surface area contributed by atoms with Gasteiger partial charge in [-0.15, -0.1) is 0 Å². The maximum Gasteiger partial charge on any atom is 0.403 e. The molecule has 0 bridgehead atoms. The number of benzene rings is 2. The molecule has 0 aromatic heterocycles. The van der Waals surface area contributed by atoms with Gasteiger partial charge in [-0.1, -0.05) is 12.1 Å². The monoisotopic (exact) mass is 314 g/mol. The largest absolute Gasteiger partial charge is 0.744 e. The van der Waals surface area contributed by atoms with Gasteiger partial charge in [0, 0.05) is 16.8 Å². The van der Waals surface area contributed by atoms with E-state index in [2.05, 4.69) is 4.98 Å².